The van der Waals surface area contributed by atoms with Crippen molar-refractivity contribution in [2.45, 2.75) is 6.04 Å². The van der Waals surface area contributed by atoms with Gasteiger partial charge in [0, 0.05) is 30.9 Å². The Morgan fingerprint density at radius 2 is 1.93 bits per heavy atom. The number of aromatic nitrogens is 1. The van der Waals surface area contributed by atoms with Crippen LogP contribution in [0.1, 0.15) is 11.6 Å². The summed E-state index contributed by atoms with van der Waals surface area (Å²) in [6.45, 7) is 0.749. The number of hydrogen-bond donors (Lipinski definition) is 3. The number of amides is 2. The number of aliphatic carboxylic acids is 1. The molecule has 1 unspecified atom stereocenters. The van der Waals surface area contributed by atoms with Crippen molar-refractivity contribution in [2.24, 2.45) is 0 Å². The van der Waals surface area contributed by atoms with E-state index in [1.807, 2.05) is 17.0 Å². The van der Waals surface area contributed by atoms with Gasteiger partial charge in [0.2, 0.25) is 0 Å². The molecule has 2 aromatic rings. The normalized spacial score (nSPS) is 16.7. The number of piperazine rings is 1. The van der Waals surface area contributed by atoms with Crippen molar-refractivity contribution in [1.82, 2.24) is 15.2 Å². The highest BCUT2D eigenvalue weighted by atomic mass is 35.5. The van der Waals surface area contributed by atoms with Crippen LogP contribution in [0.25, 0.3) is 0 Å². The largest absolute Gasteiger partial charge is 0.480 e. The minimum Gasteiger partial charge on any atom is -0.480 e. The van der Waals surface area contributed by atoms with Crippen LogP contribution >= 0.6 is 23.2 Å². The molecule has 1 aromatic carbocycles. The first-order chi connectivity index (χ1) is 13.3. The lowest BCUT2D eigenvalue weighted by Crippen LogP contribution is -2.54. The summed E-state index contributed by atoms with van der Waals surface area (Å²) in [4.78, 5) is 31.0. The molecular weight excluding hydrogens is 405 g/mol. The number of carboxylic acid groups (broad SMARTS) is 1. The monoisotopic (exact) mass is 423 g/mol. The van der Waals surface area contributed by atoms with Gasteiger partial charge in [0.25, 0.3) is 0 Å². The molecule has 0 spiro atoms. The summed E-state index contributed by atoms with van der Waals surface area (Å²) in [7, 11) is 0. The summed E-state index contributed by atoms with van der Waals surface area (Å²) in [6, 6.07) is 8.27. The number of carbonyl (C=O) groups is 2. The molecule has 2 heterocycles. The number of pyridine rings is 1. The molecule has 8 nitrogen and oxygen atoms in total. The predicted octanol–water partition coefficient (Wildman–Crippen LogP) is 2.63. The summed E-state index contributed by atoms with van der Waals surface area (Å²) in [5.41, 5.74) is 7.49. The fourth-order valence-corrected chi connectivity index (χ4v) is 3.43. The smallest absolute Gasteiger partial charge is 0.323 e. The fraction of sp³-hybridized carbons (Fsp3) is 0.278. The molecule has 0 radical (unpaired) electrons. The molecule has 1 saturated heterocycles. The Labute approximate surface area is 171 Å². The maximum absolute atomic E-state index is 12.3. The molecule has 1 aliphatic rings. The minimum absolute atomic E-state index is 0.238. The van der Waals surface area contributed by atoms with Crippen LogP contribution in [0.3, 0.4) is 0 Å². The van der Waals surface area contributed by atoms with Crippen LogP contribution in [0.15, 0.2) is 36.5 Å². The van der Waals surface area contributed by atoms with E-state index in [1.54, 1.807) is 23.1 Å². The first-order valence-corrected chi connectivity index (χ1v) is 9.28. The van der Waals surface area contributed by atoms with E-state index in [4.69, 9.17) is 34.0 Å². The minimum atomic E-state index is -1.10. The van der Waals surface area contributed by atoms with Crippen molar-refractivity contribution < 1.29 is 14.7 Å². The van der Waals surface area contributed by atoms with Gasteiger partial charge in [-0.3, -0.25) is 4.79 Å². The second kappa shape index (κ2) is 8.53. The van der Waals surface area contributed by atoms with Gasteiger partial charge in [-0.25, -0.2) is 9.78 Å². The van der Waals surface area contributed by atoms with E-state index in [0.29, 0.717) is 41.2 Å². The first-order valence-electron chi connectivity index (χ1n) is 8.53. The van der Waals surface area contributed by atoms with Crippen LogP contribution in [0, 0.1) is 0 Å². The molecule has 1 atom stereocenters. The lowest BCUT2D eigenvalue weighted by atomic mass is 10.0. The van der Waals surface area contributed by atoms with Crippen LogP contribution in [0.5, 0.6) is 0 Å². The average Bonchev–Trinajstić information content (AvgIpc) is 2.66. The number of hydrogen-bond acceptors (Lipinski definition) is 5. The van der Waals surface area contributed by atoms with E-state index in [0.717, 1.165) is 5.56 Å². The molecule has 4 N–H and O–H groups in total. The van der Waals surface area contributed by atoms with Crippen molar-refractivity contribution >= 4 is 46.7 Å². The number of rotatable bonds is 4. The summed E-state index contributed by atoms with van der Waals surface area (Å²) in [5, 5.41) is 12.2. The molecule has 3 rings (SSSR count). The van der Waals surface area contributed by atoms with Crippen LogP contribution in [-0.2, 0) is 4.79 Å². The van der Waals surface area contributed by atoms with Gasteiger partial charge in [-0.05, 0) is 23.8 Å². The Morgan fingerprint density at radius 3 is 2.57 bits per heavy atom. The summed E-state index contributed by atoms with van der Waals surface area (Å²) >= 11 is 12.0. The first kappa shape index (κ1) is 20.0. The quantitative estimate of drug-likeness (QED) is 0.696. The molecule has 1 fully saturated rings. The Hall–Kier alpha value is -2.71. The molecule has 1 aromatic heterocycles. The maximum atomic E-state index is 12.3. The van der Waals surface area contributed by atoms with Gasteiger partial charge in [0.1, 0.15) is 6.54 Å². The maximum Gasteiger partial charge on any atom is 0.323 e. The van der Waals surface area contributed by atoms with Gasteiger partial charge in [0.05, 0.1) is 16.8 Å². The second-order valence-corrected chi connectivity index (χ2v) is 7.20. The molecule has 0 saturated carbocycles. The third kappa shape index (κ3) is 4.58. The SMILES string of the molecule is Nc1cc(Cl)cnc1N1CCN(C(=O)NCC(=O)O)CC1c1ccc(Cl)cc1. The highest BCUT2D eigenvalue weighted by Crippen LogP contribution is 2.34. The van der Waals surface area contributed by atoms with Gasteiger partial charge in [-0.2, -0.15) is 0 Å². The lowest BCUT2D eigenvalue weighted by Gasteiger charge is -2.42. The molecule has 28 heavy (non-hydrogen) atoms. The van der Waals surface area contributed by atoms with Crippen LogP contribution in [-0.4, -0.2) is 53.2 Å². The van der Waals surface area contributed by atoms with Gasteiger partial charge in [-0.15, -0.1) is 0 Å². The van der Waals surface area contributed by atoms with Gasteiger partial charge < -0.3 is 26.0 Å². The standard InChI is InChI=1S/C18H19Cl2N5O3/c19-12-3-1-11(2-4-12)15-10-24(18(28)23-9-16(26)27)5-6-25(15)17-14(21)7-13(20)8-22-17/h1-4,7-8,15H,5-6,9-10,21H2,(H,23,28)(H,26,27). The number of carbonyl (C=O) groups excluding carboxylic acids is 1. The molecule has 1 aliphatic heterocycles. The lowest BCUT2D eigenvalue weighted by molar-refractivity contribution is -0.135. The van der Waals surface area contributed by atoms with E-state index >= 15 is 0 Å². The van der Waals surface area contributed by atoms with Crippen molar-refractivity contribution in [1.29, 1.82) is 0 Å². The number of urea groups is 1. The third-order valence-electron chi connectivity index (χ3n) is 4.45. The number of nitrogen functional groups attached to an aromatic ring is 1. The third-order valence-corrected chi connectivity index (χ3v) is 4.91. The number of nitrogens with one attached hydrogen (secondary N) is 1. The zero-order valence-corrected chi connectivity index (χ0v) is 16.3. The second-order valence-electron chi connectivity index (χ2n) is 6.33. The average molecular weight is 424 g/mol. The Kier molecular flexibility index (Phi) is 6.11. The fourth-order valence-electron chi connectivity index (χ4n) is 3.14. The van der Waals surface area contributed by atoms with E-state index in [2.05, 4.69) is 10.3 Å². The summed E-state index contributed by atoms with van der Waals surface area (Å²) in [6.07, 6.45) is 1.53. The molecule has 2 amide bonds. The Balaban J connectivity index is 1.88. The van der Waals surface area contributed by atoms with E-state index in [9.17, 15) is 9.59 Å². The molecule has 0 bridgehead atoms. The molecular formula is C18H19Cl2N5O3. The summed E-state index contributed by atoms with van der Waals surface area (Å²) < 4.78 is 0. The predicted molar refractivity (Wildman–Crippen MR) is 108 cm³/mol. The number of halogens is 2. The van der Waals surface area contributed by atoms with Crippen molar-refractivity contribution in [3.8, 4) is 0 Å². The number of nitrogens with two attached hydrogens (primary N) is 1. The topological polar surface area (TPSA) is 112 Å². The van der Waals surface area contributed by atoms with E-state index in [1.165, 1.54) is 6.20 Å². The highest BCUT2D eigenvalue weighted by molar-refractivity contribution is 6.31. The zero-order chi connectivity index (χ0) is 20.3. The van der Waals surface area contributed by atoms with Gasteiger partial charge in [-0.1, -0.05) is 35.3 Å². The van der Waals surface area contributed by atoms with Crippen molar-refractivity contribution in [3.63, 3.8) is 0 Å². The number of nitrogens with zero attached hydrogens (tertiary/aromatic N) is 3. The zero-order valence-electron chi connectivity index (χ0n) is 14.8. The van der Waals surface area contributed by atoms with Gasteiger partial charge >= 0.3 is 12.0 Å². The van der Waals surface area contributed by atoms with Crippen LogP contribution in [0.2, 0.25) is 10.0 Å². The van der Waals surface area contributed by atoms with Crippen molar-refractivity contribution in [2.75, 3.05) is 36.8 Å². The van der Waals surface area contributed by atoms with E-state index in [-0.39, 0.29) is 6.04 Å². The molecule has 0 aliphatic carbocycles. The number of carboxylic acids is 1. The molecule has 148 valence electrons. The molecule has 10 heteroatoms. The summed E-state index contributed by atoms with van der Waals surface area (Å²) in [5.74, 6) is -0.519. The Bertz CT molecular complexity index is 878. The van der Waals surface area contributed by atoms with Crippen LogP contribution in [0.4, 0.5) is 16.3 Å². The van der Waals surface area contributed by atoms with Crippen LogP contribution < -0.4 is 16.0 Å². The van der Waals surface area contributed by atoms with E-state index < -0.39 is 18.5 Å². The van der Waals surface area contributed by atoms with Crippen molar-refractivity contribution in [3.05, 3.63) is 52.1 Å². The Morgan fingerprint density at radius 1 is 1.21 bits per heavy atom. The van der Waals surface area contributed by atoms with Gasteiger partial charge in [0.15, 0.2) is 5.82 Å². The highest BCUT2D eigenvalue weighted by Gasteiger charge is 2.32. The number of benzene rings is 1. The number of anilines is 2.